The van der Waals surface area contributed by atoms with E-state index in [-0.39, 0.29) is 16.6 Å². The molecule has 0 saturated heterocycles. The largest absolute Gasteiger partial charge is 0.456 e. The maximum atomic E-state index is 13.3. The standard InChI is InChI=1S/C13H10ClFN2O2/c14-10-6-5-8(7-11(10)15)19-12-4-2-1-3-9(12)13(16)17-18/h1-7,18H,(H2,16,17). The van der Waals surface area contributed by atoms with Crippen LogP contribution in [-0.2, 0) is 0 Å². The Morgan fingerprint density at radius 2 is 2.00 bits per heavy atom. The lowest BCUT2D eigenvalue weighted by Gasteiger charge is -2.10. The highest BCUT2D eigenvalue weighted by atomic mass is 35.5. The van der Waals surface area contributed by atoms with E-state index in [9.17, 15) is 4.39 Å². The molecule has 19 heavy (non-hydrogen) atoms. The fourth-order valence-corrected chi connectivity index (χ4v) is 1.61. The molecule has 4 nitrogen and oxygen atoms in total. The lowest BCUT2D eigenvalue weighted by atomic mass is 10.2. The number of benzene rings is 2. The Kier molecular flexibility index (Phi) is 3.87. The predicted molar refractivity (Wildman–Crippen MR) is 70.4 cm³/mol. The third-order valence-corrected chi connectivity index (χ3v) is 2.70. The van der Waals surface area contributed by atoms with Crippen molar-refractivity contribution in [3.8, 4) is 11.5 Å². The molecule has 0 spiro atoms. The van der Waals surface area contributed by atoms with Gasteiger partial charge >= 0.3 is 0 Å². The van der Waals surface area contributed by atoms with Crippen molar-refractivity contribution < 1.29 is 14.3 Å². The van der Waals surface area contributed by atoms with Crippen LogP contribution < -0.4 is 10.5 Å². The van der Waals surface area contributed by atoms with Crippen molar-refractivity contribution in [2.45, 2.75) is 0 Å². The lowest BCUT2D eigenvalue weighted by Crippen LogP contribution is -2.14. The van der Waals surface area contributed by atoms with Crippen molar-refractivity contribution >= 4 is 17.4 Å². The average Bonchev–Trinajstić information content (AvgIpc) is 2.43. The third kappa shape index (κ3) is 2.95. The molecule has 0 bridgehead atoms. The molecule has 0 radical (unpaired) electrons. The average molecular weight is 281 g/mol. The second-order valence-electron chi connectivity index (χ2n) is 3.66. The predicted octanol–water partition coefficient (Wildman–Crippen LogP) is 3.37. The Labute approximate surface area is 113 Å². The molecule has 0 saturated carbocycles. The van der Waals surface area contributed by atoms with Gasteiger partial charge in [-0.25, -0.2) is 4.39 Å². The minimum Gasteiger partial charge on any atom is -0.456 e. The summed E-state index contributed by atoms with van der Waals surface area (Å²) in [5.41, 5.74) is 5.93. The Morgan fingerprint density at radius 1 is 1.26 bits per heavy atom. The monoisotopic (exact) mass is 280 g/mol. The zero-order valence-electron chi connectivity index (χ0n) is 9.68. The molecule has 0 amide bonds. The number of halogens is 2. The van der Waals surface area contributed by atoms with Gasteiger partial charge < -0.3 is 15.7 Å². The highest BCUT2D eigenvalue weighted by Gasteiger charge is 2.09. The first-order valence-electron chi connectivity index (χ1n) is 5.31. The Morgan fingerprint density at radius 3 is 2.68 bits per heavy atom. The summed E-state index contributed by atoms with van der Waals surface area (Å²) >= 11 is 5.59. The van der Waals surface area contributed by atoms with E-state index in [1.807, 2.05) is 0 Å². The number of hydrogen-bond acceptors (Lipinski definition) is 3. The third-order valence-electron chi connectivity index (χ3n) is 2.39. The second kappa shape index (κ2) is 5.58. The number of nitrogens with zero attached hydrogens (tertiary/aromatic N) is 1. The van der Waals surface area contributed by atoms with Gasteiger partial charge in [-0.2, -0.15) is 0 Å². The Bertz CT molecular complexity index is 632. The van der Waals surface area contributed by atoms with Crippen molar-refractivity contribution in [2.75, 3.05) is 0 Å². The van der Waals surface area contributed by atoms with Crippen LogP contribution in [0.15, 0.2) is 47.6 Å². The fraction of sp³-hybridized carbons (Fsp3) is 0. The molecule has 2 rings (SSSR count). The molecule has 0 aliphatic rings. The summed E-state index contributed by atoms with van der Waals surface area (Å²) in [6, 6.07) is 10.7. The van der Waals surface area contributed by atoms with Gasteiger partial charge in [-0.1, -0.05) is 28.9 Å². The summed E-state index contributed by atoms with van der Waals surface area (Å²) in [6.07, 6.45) is 0. The van der Waals surface area contributed by atoms with Gasteiger partial charge in [0.25, 0.3) is 0 Å². The van der Waals surface area contributed by atoms with Gasteiger partial charge in [-0.05, 0) is 24.3 Å². The molecule has 0 atom stereocenters. The molecule has 6 heteroatoms. The maximum absolute atomic E-state index is 13.3. The van der Waals surface area contributed by atoms with Crippen LogP contribution in [-0.4, -0.2) is 11.0 Å². The number of amidine groups is 1. The summed E-state index contributed by atoms with van der Waals surface area (Å²) < 4.78 is 18.8. The van der Waals surface area contributed by atoms with E-state index in [2.05, 4.69) is 5.16 Å². The lowest BCUT2D eigenvalue weighted by molar-refractivity contribution is 0.318. The van der Waals surface area contributed by atoms with Crippen molar-refractivity contribution in [2.24, 2.45) is 10.9 Å². The smallest absolute Gasteiger partial charge is 0.173 e. The van der Waals surface area contributed by atoms with Crippen LogP contribution in [0, 0.1) is 5.82 Å². The zero-order valence-corrected chi connectivity index (χ0v) is 10.4. The van der Waals surface area contributed by atoms with Gasteiger partial charge in [0.05, 0.1) is 10.6 Å². The SMILES string of the molecule is N/C(=N/O)c1ccccc1Oc1ccc(Cl)c(F)c1. The van der Waals surface area contributed by atoms with Crippen LogP contribution >= 0.6 is 11.6 Å². The van der Waals surface area contributed by atoms with Crippen LogP contribution in [0.4, 0.5) is 4.39 Å². The first kappa shape index (κ1) is 13.2. The van der Waals surface area contributed by atoms with Crippen molar-refractivity contribution in [1.29, 1.82) is 0 Å². The van der Waals surface area contributed by atoms with Crippen LogP contribution in [0.5, 0.6) is 11.5 Å². The van der Waals surface area contributed by atoms with Gasteiger partial charge in [0, 0.05) is 6.07 Å². The van der Waals surface area contributed by atoms with E-state index >= 15 is 0 Å². The van der Waals surface area contributed by atoms with E-state index in [0.717, 1.165) is 6.07 Å². The van der Waals surface area contributed by atoms with Gasteiger partial charge in [0.2, 0.25) is 0 Å². The van der Waals surface area contributed by atoms with Crippen LogP contribution in [0.25, 0.3) is 0 Å². The van der Waals surface area contributed by atoms with Crippen molar-refractivity contribution in [3.05, 3.63) is 58.9 Å². The van der Waals surface area contributed by atoms with E-state index in [1.165, 1.54) is 12.1 Å². The zero-order chi connectivity index (χ0) is 13.8. The van der Waals surface area contributed by atoms with E-state index in [4.69, 9.17) is 27.3 Å². The molecule has 2 aromatic carbocycles. The number of hydrogen-bond donors (Lipinski definition) is 2. The summed E-state index contributed by atoms with van der Waals surface area (Å²) in [5.74, 6) is -0.0647. The number of nitrogens with two attached hydrogens (primary N) is 1. The highest BCUT2D eigenvalue weighted by molar-refractivity contribution is 6.30. The molecular weight excluding hydrogens is 271 g/mol. The Hall–Kier alpha value is -2.27. The molecule has 3 N–H and O–H groups in total. The Balaban J connectivity index is 2.35. The van der Waals surface area contributed by atoms with E-state index in [1.54, 1.807) is 24.3 Å². The summed E-state index contributed by atoms with van der Waals surface area (Å²) in [4.78, 5) is 0. The molecule has 0 unspecified atom stereocenters. The number of ether oxygens (including phenoxy) is 1. The van der Waals surface area contributed by atoms with Crippen LogP contribution in [0.2, 0.25) is 5.02 Å². The quantitative estimate of drug-likeness (QED) is 0.392. The molecule has 0 aliphatic heterocycles. The summed E-state index contributed by atoms with van der Waals surface area (Å²) in [7, 11) is 0. The number of rotatable bonds is 3. The molecule has 0 aromatic heterocycles. The molecule has 0 fully saturated rings. The van der Waals surface area contributed by atoms with Crippen molar-refractivity contribution in [3.63, 3.8) is 0 Å². The first-order valence-corrected chi connectivity index (χ1v) is 5.69. The van der Waals surface area contributed by atoms with E-state index in [0.29, 0.717) is 11.3 Å². The molecule has 0 aliphatic carbocycles. The topological polar surface area (TPSA) is 67.8 Å². The van der Waals surface area contributed by atoms with Gasteiger partial charge in [0.1, 0.15) is 17.3 Å². The van der Waals surface area contributed by atoms with Crippen molar-refractivity contribution in [1.82, 2.24) is 0 Å². The van der Waals surface area contributed by atoms with E-state index < -0.39 is 5.82 Å². The first-order chi connectivity index (χ1) is 9.11. The van der Waals surface area contributed by atoms with Gasteiger partial charge in [-0.3, -0.25) is 0 Å². The normalized spacial score (nSPS) is 11.4. The number of oxime groups is 1. The molecule has 98 valence electrons. The van der Waals surface area contributed by atoms with Crippen LogP contribution in [0.1, 0.15) is 5.56 Å². The highest BCUT2D eigenvalue weighted by Crippen LogP contribution is 2.27. The second-order valence-corrected chi connectivity index (χ2v) is 4.07. The molecule has 2 aromatic rings. The van der Waals surface area contributed by atoms with Crippen LogP contribution in [0.3, 0.4) is 0 Å². The molecule has 0 heterocycles. The molecular formula is C13H10ClFN2O2. The number of para-hydroxylation sites is 1. The van der Waals surface area contributed by atoms with Gasteiger partial charge in [0.15, 0.2) is 5.84 Å². The minimum atomic E-state index is -0.583. The van der Waals surface area contributed by atoms with Gasteiger partial charge in [-0.15, -0.1) is 0 Å². The summed E-state index contributed by atoms with van der Waals surface area (Å²) in [6.45, 7) is 0. The maximum Gasteiger partial charge on any atom is 0.173 e. The minimum absolute atomic E-state index is 0.0112. The fourth-order valence-electron chi connectivity index (χ4n) is 1.49. The summed E-state index contributed by atoms with van der Waals surface area (Å²) in [5, 5.41) is 11.6.